The lowest BCUT2D eigenvalue weighted by molar-refractivity contribution is -0.147. The first-order valence-corrected chi connectivity index (χ1v) is 8.60. The molecule has 130 valence electrons. The van der Waals surface area contributed by atoms with Gasteiger partial charge in [0.1, 0.15) is 6.10 Å². The lowest BCUT2D eigenvalue weighted by Gasteiger charge is -2.17. The molecule has 0 saturated heterocycles. The summed E-state index contributed by atoms with van der Waals surface area (Å²) in [7, 11) is 1.54. The third kappa shape index (κ3) is 7.91. The number of esters is 1. The van der Waals surface area contributed by atoms with E-state index in [4.69, 9.17) is 9.47 Å². The summed E-state index contributed by atoms with van der Waals surface area (Å²) in [5.41, 5.74) is 1.07. The van der Waals surface area contributed by atoms with Gasteiger partial charge in [0.25, 0.3) is 0 Å². The zero-order valence-corrected chi connectivity index (χ0v) is 14.6. The van der Waals surface area contributed by atoms with Crippen LogP contribution in [0.4, 0.5) is 0 Å². The molecule has 0 heterocycles. The topological polar surface area (TPSA) is 55.8 Å². The van der Waals surface area contributed by atoms with E-state index in [1.54, 1.807) is 6.07 Å². The van der Waals surface area contributed by atoms with E-state index in [-0.39, 0.29) is 17.8 Å². The molecule has 1 N–H and O–H groups in total. The summed E-state index contributed by atoms with van der Waals surface area (Å²) in [5.74, 6) is 0.404. The minimum atomic E-state index is -0.216. The second kappa shape index (κ2) is 10.9. The highest BCUT2D eigenvalue weighted by Gasteiger charge is 2.13. The highest BCUT2D eigenvalue weighted by atomic mass is 16.5. The Morgan fingerprint density at radius 3 is 2.57 bits per heavy atom. The Balaban J connectivity index is 2.48. The van der Waals surface area contributed by atoms with Crippen LogP contribution in [0.3, 0.4) is 0 Å². The van der Waals surface area contributed by atoms with E-state index in [9.17, 15) is 9.90 Å². The van der Waals surface area contributed by atoms with Crippen LogP contribution in [0.15, 0.2) is 18.2 Å². The van der Waals surface area contributed by atoms with Crippen molar-refractivity contribution in [2.24, 2.45) is 0 Å². The summed E-state index contributed by atoms with van der Waals surface area (Å²) < 4.78 is 10.6. The predicted octanol–water partition coefficient (Wildman–Crippen LogP) is 4.63. The smallest absolute Gasteiger partial charge is 0.302 e. The molecule has 0 aliphatic heterocycles. The molecule has 0 aliphatic rings. The monoisotopic (exact) mass is 322 g/mol. The van der Waals surface area contributed by atoms with E-state index >= 15 is 0 Å². The minimum absolute atomic E-state index is 0.0334. The summed E-state index contributed by atoms with van der Waals surface area (Å²) in [6.45, 7) is 3.67. The number of phenolic OH excluding ortho intramolecular Hbond substituents is 1. The molecule has 1 atom stereocenters. The van der Waals surface area contributed by atoms with Gasteiger partial charge in [-0.25, -0.2) is 0 Å². The molecule has 0 bridgehead atoms. The van der Waals surface area contributed by atoms with Crippen molar-refractivity contribution >= 4 is 5.97 Å². The molecule has 1 aromatic carbocycles. The number of methoxy groups -OCH3 is 1. The predicted molar refractivity (Wildman–Crippen MR) is 91.9 cm³/mol. The Kier molecular flexibility index (Phi) is 9.18. The third-order valence-corrected chi connectivity index (χ3v) is 3.96. The van der Waals surface area contributed by atoms with E-state index in [1.807, 2.05) is 12.1 Å². The van der Waals surface area contributed by atoms with Gasteiger partial charge in [-0.3, -0.25) is 4.79 Å². The molecular weight excluding hydrogens is 292 g/mol. The van der Waals surface area contributed by atoms with Gasteiger partial charge in [0, 0.05) is 6.92 Å². The average molecular weight is 322 g/mol. The van der Waals surface area contributed by atoms with Gasteiger partial charge >= 0.3 is 5.97 Å². The number of rotatable bonds is 11. The van der Waals surface area contributed by atoms with E-state index < -0.39 is 0 Å². The Morgan fingerprint density at radius 2 is 1.91 bits per heavy atom. The van der Waals surface area contributed by atoms with Crippen molar-refractivity contribution in [1.82, 2.24) is 0 Å². The first kappa shape index (κ1) is 19.3. The SMILES string of the molecule is CCCCCCC[C@H](CCc1ccc(O)c(OC)c1)OC(C)=O. The number of hydrogen-bond donors (Lipinski definition) is 1. The van der Waals surface area contributed by atoms with Gasteiger partial charge in [0.15, 0.2) is 11.5 Å². The van der Waals surface area contributed by atoms with Crippen molar-refractivity contribution in [2.75, 3.05) is 7.11 Å². The molecular formula is C19H30O4. The Bertz CT molecular complexity index is 470. The van der Waals surface area contributed by atoms with Crippen molar-refractivity contribution < 1.29 is 19.4 Å². The highest BCUT2D eigenvalue weighted by Crippen LogP contribution is 2.27. The Labute approximate surface area is 139 Å². The van der Waals surface area contributed by atoms with Crippen LogP contribution in [-0.4, -0.2) is 24.3 Å². The third-order valence-electron chi connectivity index (χ3n) is 3.96. The second-order valence-electron chi connectivity index (χ2n) is 5.98. The molecule has 0 unspecified atom stereocenters. The van der Waals surface area contributed by atoms with Gasteiger partial charge in [-0.2, -0.15) is 0 Å². The highest BCUT2D eigenvalue weighted by molar-refractivity contribution is 5.66. The van der Waals surface area contributed by atoms with Crippen LogP contribution >= 0.6 is 0 Å². The fraction of sp³-hybridized carbons (Fsp3) is 0.632. The number of aryl methyl sites for hydroxylation is 1. The van der Waals surface area contributed by atoms with Crippen LogP contribution in [0.25, 0.3) is 0 Å². The van der Waals surface area contributed by atoms with Gasteiger partial charge < -0.3 is 14.6 Å². The Morgan fingerprint density at radius 1 is 1.17 bits per heavy atom. The first-order valence-electron chi connectivity index (χ1n) is 8.60. The van der Waals surface area contributed by atoms with Gasteiger partial charge in [-0.05, 0) is 43.4 Å². The zero-order chi connectivity index (χ0) is 17.1. The number of carbonyl (C=O) groups is 1. The van der Waals surface area contributed by atoms with Crippen LogP contribution in [0.2, 0.25) is 0 Å². The van der Waals surface area contributed by atoms with Gasteiger partial charge in [0.2, 0.25) is 0 Å². The average Bonchev–Trinajstić information content (AvgIpc) is 2.52. The fourth-order valence-electron chi connectivity index (χ4n) is 2.68. The largest absolute Gasteiger partial charge is 0.504 e. The molecule has 0 aromatic heterocycles. The number of carbonyl (C=O) groups excluding carboxylic acids is 1. The summed E-state index contributed by atoms with van der Waals surface area (Å²) in [4.78, 5) is 11.3. The van der Waals surface area contributed by atoms with Crippen LogP contribution < -0.4 is 4.74 Å². The standard InChI is InChI=1S/C19H30O4/c1-4-5-6-7-8-9-17(23-15(2)20)12-10-16-11-13-18(21)19(14-16)22-3/h11,13-14,17,21H,4-10,12H2,1-3H3/t17-/m1/s1. The lowest BCUT2D eigenvalue weighted by Crippen LogP contribution is -2.17. The molecule has 0 saturated carbocycles. The van der Waals surface area contributed by atoms with Crippen LogP contribution in [0.1, 0.15) is 64.4 Å². The summed E-state index contributed by atoms with van der Waals surface area (Å²) in [6, 6.07) is 5.35. The summed E-state index contributed by atoms with van der Waals surface area (Å²) >= 11 is 0. The summed E-state index contributed by atoms with van der Waals surface area (Å²) in [5, 5.41) is 9.62. The van der Waals surface area contributed by atoms with Gasteiger partial charge in [-0.1, -0.05) is 38.7 Å². The van der Waals surface area contributed by atoms with Crippen molar-refractivity contribution in [3.05, 3.63) is 23.8 Å². The molecule has 23 heavy (non-hydrogen) atoms. The lowest BCUT2D eigenvalue weighted by atomic mass is 10.0. The molecule has 4 nitrogen and oxygen atoms in total. The van der Waals surface area contributed by atoms with Crippen molar-refractivity contribution in [1.29, 1.82) is 0 Å². The van der Waals surface area contributed by atoms with Crippen LogP contribution in [0.5, 0.6) is 11.5 Å². The number of phenols is 1. The minimum Gasteiger partial charge on any atom is -0.504 e. The number of aromatic hydroxyl groups is 1. The molecule has 0 aliphatic carbocycles. The number of unbranched alkanes of at least 4 members (excludes halogenated alkanes) is 4. The number of hydrogen-bond acceptors (Lipinski definition) is 4. The van der Waals surface area contributed by atoms with E-state index in [2.05, 4.69) is 6.92 Å². The zero-order valence-electron chi connectivity index (χ0n) is 14.6. The number of benzene rings is 1. The molecule has 1 aromatic rings. The summed E-state index contributed by atoms with van der Waals surface area (Å²) in [6.07, 6.45) is 8.51. The maximum absolute atomic E-state index is 11.3. The normalized spacial score (nSPS) is 12.0. The fourth-order valence-corrected chi connectivity index (χ4v) is 2.68. The quantitative estimate of drug-likeness (QED) is 0.477. The van der Waals surface area contributed by atoms with E-state index in [0.29, 0.717) is 5.75 Å². The number of ether oxygens (including phenoxy) is 2. The van der Waals surface area contributed by atoms with Gasteiger partial charge in [0.05, 0.1) is 7.11 Å². The maximum Gasteiger partial charge on any atom is 0.302 e. The molecule has 1 rings (SSSR count). The molecule has 0 fully saturated rings. The van der Waals surface area contributed by atoms with Crippen LogP contribution in [-0.2, 0) is 16.0 Å². The Hall–Kier alpha value is -1.71. The molecule has 4 heteroatoms. The van der Waals surface area contributed by atoms with Crippen molar-refractivity contribution in [3.8, 4) is 11.5 Å². The maximum atomic E-state index is 11.3. The van der Waals surface area contributed by atoms with E-state index in [1.165, 1.54) is 39.7 Å². The second-order valence-corrected chi connectivity index (χ2v) is 5.98. The molecule has 0 amide bonds. The molecule has 0 spiro atoms. The van der Waals surface area contributed by atoms with E-state index in [0.717, 1.165) is 31.2 Å². The van der Waals surface area contributed by atoms with Gasteiger partial charge in [-0.15, -0.1) is 0 Å². The van der Waals surface area contributed by atoms with Crippen molar-refractivity contribution in [2.45, 2.75) is 71.3 Å². The van der Waals surface area contributed by atoms with Crippen LogP contribution in [0, 0.1) is 0 Å². The van der Waals surface area contributed by atoms with Crippen molar-refractivity contribution in [3.63, 3.8) is 0 Å². The first-order chi connectivity index (χ1) is 11.1. The molecule has 0 radical (unpaired) electrons.